The van der Waals surface area contributed by atoms with Crippen LogP contribution in [-0.2, 0) is 9.53 Å². The van der Waals surface area contributed by atoms with Crippen LogP contribution in [0.2, 0.25) is 0 Å². The molecule has 0 heterocycles. The normalized spacial score (nSPS) is 12.5. The summed E-state index contributed by atoms with van der Waals surface area (Å²) in [6, 6.07) is 0.691. The van der Waals surface area contributed by atoms with E-state index >= 15 is 0 Å². The molecule has 0 aliphatic carbocycles. The maximum Gasteiger partial charge on any atom is 0.411 e. The monoisotopic (exact) mass is 284 g/mol. The molecule has 0 unspecified atom stereocenters. The molecule has 0 rings (SSSR count). The third-order valence-electron chi connectivity index (χ3n) is 2.52. The number of rotatable bonds is 8. The minimum atomic E-state index is -4.40. The number of nitrogens with zero attached hydrogens (tertiary/aromatic N) is 1. The fourth-order valence-electron chi connectivity index (χ4n) is 1.75. The largest absolute Gasteiger partial charge is 0.411 e. The standard InChI is InChI=1S/C12H23F3N2O2/c1-9(2)17(10(3)4)6-5-16-11(18)7-19-8-12(13,14)15/h9-10H,5-8H2,1-4H3,(H,16,18). The lowest BCUT2D eigenvalue weighted by molar-refractivity contribution is -0.175. The quantitative estimate of drug-likeness (QED) is 0.739. The number of carbonyl (C=O) groups is 1. The van der Waals surface area contributed by atoms with Crippen molar-refractivity contribution in [1.29, 1.82) is 0 Å². The zero-order chi connectivity index (χ0) is 15.1. The third-order valence-corrected chi connectivity index (χ3v) is 2.52. The Bertz CT molecular complexity index is 260. The molecule has 1 amide bonds. The van der Waals surface area contributed by atoms with E-state index in [4.69, 9.17) is 0 Å². The van der Waals surface area contributed by atoms with Crippen LogP contribution in [-0.4, -0.2) is 55.4 Å². The Kier molecular flexibility index (Phi) is 8.01. The third kappa shape index (κ3) is 9.72. The molecule has 19 heavy (non-hydrogen) atoms. The predicted molar refractivity (Wildman–Crippen MR) is 66.9 cm³/mol. The maximum absolute atomic E-state index is 11.8. The van der Waals surface area contributed by atoms with Crippen LogP contribution < -0.4 is 5.32 Å². The zero-order valence-corrected chi connectivity index (χ0v) is 11.9. The molecular weight excluding hydrogens is 261 g/mol. The van der Waals surface area contributed by atoms with E-state index in [0.717, 1.165) is 0 Å². The van der Waals surface area contributed by atoms with Crippen molar-refractivity contribution in [2.45, 2.75) is 46.0 Å². The number of nitrogens with one attached hydrogen (secondary N) is 1. The minimum Gasteiger partial charge on any atom is -0.362 e. The summed E-state index contributed by atoms with van der Waals surface area (Å²) in [5.74, 6) is -0.531. The summed E-state index contributed by atoms with van der Waals surface area (Å²) < 4.78 is 39.6. The van der Waals surface area contributed by atoms with Crippen LogP contribution in [0.15, 0.2) is 0 Å². The van der Waals surface area contributed by atoms with Crippen LogP contribution in [0.5, 0.6) is 0 Å². The average Bonchev–Trinajstić information content (AvgIpc) is 2.21. The molecule has 0 bridgehead atoms. The van der Waals surface area contributed by atoms with Crippen LogP contribution in [0.3, 0.4) is 0 Å². The Morgan fingerprint density at radius 1 is 1.21 bits per heavy atom. The lowest BCUT2D eigenvalue weighted by atomic mass is 10.2. The van der Waals surface area contributed by atoms with Gasteiger partial charge in [0.05, 0.1) is 0 Å². The molecule has 0 aromatic heterocycles. The highest BCUT2D eigenvalue weighted by molar-refractivity contribution is 5.77. The van der Waals surface area contributed by atoms with Gasteiger partial charge in [-0.2, -0.15) is 13.2 Å². The molecule has 0 aliphatic rings. The van der Waals surface area contributed by atoms with Gasteiger partial charge in [-0.05, 0) is 27.7 Å². The van der Waals surface area contributed by atoms with Gasteiger partial charge in [-0.15, -0.1) is 0 Å². The molecule has 0 saturated heterocycles. The van der Waals surface area contributed by atoms with Gasteiger partial charge in [-0.1, -0.05) is 0 Å². The first-order valence-electron chi connectivity index (χ1n) is 6.30. The Balaban J connectivity index is 3.79. The Morgan fingerprint density at radius 3 is 2.16 bits per heavy atom. The van der Waals surface area contributed by atoms with E-state index in [0.29, 0.717) is 25.2 Å². The van der Waals surface area contributed by atoms with Gasteiger partial charge in [0.1, 0.15) is 13.2 Å². The molecule has 114 valence electrons. The SMILES string of the molecule is CC(C)N(CCNC(=O)COCC(F)(F)F)C(C)C. The lowest BCUT2D eigenvalue weighted by Gasteiger charge is -2.30. The number of amides is 1. The fraction of sp³-hybridized carbons (Fsp3) is 0.917. The second-order valence-corrected chi connectivity index (χ2v) is 4.88. The van der Waals surface area contributed by atoms with Gasteiger partial charge in [0.15, 0.2) is 0 Å². The molecule has 0 atom stereocenters. The van der Waals surface area contributed by atoms with Crippen molar-refractivity contribution in [3.8, 4) is 0 Å². The van der Waals surface area contributed by atoms with E-state index in [1.807, 2.05) is 27.7 Å². The first-order chi connectivity index (χ1) is 8.63. The molecule has 0 aliphatic heterocycles. The molecule has 0 aromatic rings. The molecule has 1 N–H and O–H groups in total. The van der Waals surface area contributed by atoms with Crippen molar-refractivity contribution >= 4 is 5.91 Å². The molecule has 0 spiro atoms. The number of halogens is 3. The fourth-order valence-corrected chi connectivity index (χ4v) is 1.75. The molecule has 0 fully saturated rings. The van der Waals surface area contributed by atoms with Crippen LogP contribution in [0.1, 0.15) is 27.7 Å². The molecule has 4 nitrogen and oxygen atoms in total. The van der Waals surface area contributed by atoms with E-state index in [-0.39, 0.29) is 0 Å². The zero-order valence-electron chi connectivity index (χ0n) is 11.9. The topological polar surface area (TPSA) is 41.6 Å². The number of hydrogen-bond donors (Lipinski definition) is 1. The van der Waals surface area contributed by atoms with Gasteiger partial charge >= 0.3 is 6.18 Å². The number of hydrogen-bond acceptors (Lipinski definition) is 3. The van der Waals surface area contributed by atoms with Gasteiger partial charge in [0, 0.05) is 25.2 Å². The van der Waals surface area contributed by atoms with E-state index in [1.165, 1.54) is 0 Å². The van der Waals surface area contributed by atoms with E-state index < -0.39 is 25.3 Å². The second-order valence-electron chi connectivity index (χ2n) is 4.88. The Morgan fingerprint density at radius 2 is 1.74 bits per heavy atom. The van der Waals surface area contributed by atoms with Crippen molar-refractivity contribution in [3.05, 3.63) is 0 Å². The van der Waals surface area contributed by atoms with Crippen molar-refractivity contribution in [2.24, 2.45) is 0 Å². The predicted octanol–water partition coefficient (Wildman–Crippen LogP) is 1.80. The van der Waals surface area contributed by atoms with Gasteiger partial charge < -0.3 is 10.1 Å². The molecule has 0 aromatic carbocycles. The summed E-state index contributed by atoms with van der Waals surface area (Å²) in [5, 5.41) is 2.54. The maximum atomic E-state index is 11.8. The highest BCUT2D eigenvalue weighted by Gasteiger charge is 2.27. The smallest absolute Gasteiger partial charge is 0.362 e. The summed E-state index contributed by atoms with van der Waals surface area (Å²) in [5.41, 5.74) is 0. The molecule has 0 saturated carbocycles. The Hall–Kier alpha value is -0.820. The summed E-state index contributed by atoms with van der Waals surface area (Å²) in [7, 11) is 0. The first-order valence-corrected chi connectivity index (χ1v) is 6.30. The van der Waals surface area contributed by atoms with Crippen molar-refractivity contribution in [1.82, 2.24) is 10.2 Å². The van der Waals surface area contributed by atoms with E-state index in [2.05, 4.69) is 15.0 Å². The van der Waals surface area contributed by atoms with Crippen LogP contribution in [0.4, 0.5) is 13.2 Å². The average molecular weight is 284 g/mol. The summed E-state index contributed by atoms with van der Waals surface area (Å²) in [6.07, 6.45) is -4.40. The second kappa shape index (κ2) is 8.37. The lowest BCUT2D eigenvalue weighted by Crippen LogP contribution is -2.43. The Labute approximate surface area is 112 Å². The molecule has 7 heteroatoms. The number of carbonyl (C=O) groups excluding carboxylic acids is 1. The van der Waals surface area contributed by atoms with Crippen LogP contribution in [0, 0.1) is 0 Å². The molecular formula is C12H23F3N2O2. The van der Waals surface area contributed by atoms with E-state index in [1.54, 1.807) is 0 Å². The van der Waals surface area contributed by atoms with Gasteiger partial charge in [0.25, 0.3) is 0 Å². The highest BCUT2D eigenvalue weighted by Crippen LogP contribution is 2.14. The number of ether oxygens (including phenoxy) is 1. The van der Waals surface area contributed by atoms with E-state index in [9.17, 15) is 18.0 Å². The summed E-state index contributed by atoms with van der Waals surface area (Å²) in [4.78, 5) is 13.4. The van der Waals surface area contributed by atoms with Crippen LogP contribution >= 0.6 is 0 Å². The van der Waals surface area contributed by atoms with Gasteiger partial charge in [-0.3, -0.25) is 9.69 Å². The summed E-state index contributed by atoms with van der Waals surface area (Å²) >= 11 is 0. The summed E-state index contributed by atoms with van der Waals surface area (Å²) in [6.45, 7) is 7.28. The van der Waals surface area contributed by atoms with Gasteiger partial charge in [0.2, 0.25) is 5.91 Å². The molecule has 0 radical (unpaired) electrons. The van der Waals surface area contributed by atoms with Crippen molar-refractivity contribution in [2.75, 3.05) is 26.3 Å². The van der Waals surface area contributed by atoms with Crippen LogP contribution in [0.25, 0.3) is 0 Å². The minimum absolute atomic E-state index is 0.346. The van der Waals surface area contributed by atoms with Crippen molar-refractivity contribution in [3.63, 3.8) is 0 Å². The van der Waals surface area contributed by atoms with Gasteiger partial charge in [-0.25, -0.2) is 0 Å². The number of alkyl halides is 3. The first kappa shape index (κ1) is 18.2. The highest BCUT2D eigenvalue weighted by atomic mass is 19.4. The van der Waals surface area contributed by atoms with Crippen molar-refractivity contribution < 1.29 is 22.7 Å².